The monoisotopic (exact) mass is 305 g/mol. The van der Waals surface area contributed by atoms with Crippen LogP contribution in [0.1, 0.15) is 14.7 Å². The smallest absolute Gasteiger partial charge is 0.265 e. The van der Waals surface area contributed by atoms with Crippen molar-refractivity contribution in [3.8, 4) is 0 Å². The Morgan fingerprint density at radius 3 is 2.57 bits per heavy atom. The number of benzene rings is 1. The molecule has 1 aliphatic rings. The van der Waals surface area contributed by atoms with E-state index >= 15 is 0 Å². The molecule has 21 heavy (non-hydrogen) atoms. The molecular weight excluding hydrogens is 289 g/mol. The van der Waals surface area contributed by atoms with Gasteiger partial charge >= 0.3 is 0 Å². The Bertz CT molecular complexity index is 650. The van der Waals surface area contributed by atoms with E-state index in [-0.39, 0.29) is 11.7 Å². The lowest BCUT2D eigenvalue weighted by molar-refractivity contribution is 0.0751. The maximum Gasteiger partial charge on any atom is 0.265 e. The lowest BCUT2D eigenvalue weighted by Gasteiger charge is -2.36. The summed E-state index contributed by atoms with van der Waals surface area (Å²) in [4.78, 5) is 20.9. The number of carbonyl (C=O) groups is 1. The number of carbonyl (C=O) groups excluding carboxylic acids is 1. The third-order valence-electron chi connectivity index (χ3n) is 3.59. The Morgan fingerprint density at radius 2 is 1.95 bits per heavy atom. The highest BCUT2D eigenvalue weighted by Crippen LogP contribution is 2.21. The molecule has 1 fully saturated rings. The minimum atomic E-state index is -0.213. The molecule has 1 aliphatic heterocycles. The van der Waals surface area contributed by atoms with Crippen LogP contribution in [-0.4, -0.2) is 42.0 Å². The van der Waals surface area contributed by atoms with E-state index in [1.54, 1.807) is 18.3 Å². The first-order chi connectivity index (χ1) is 10.1. The lowest BCUT2D eigenvalue weighted by Crippen LogP contribution is -2.48. The number of para-hydroxylation sites is 1. The Kier molecular flexibility index (Phi) is 3.88. The molecular formula is C15H16FN3OS. The van der Waals surface area contributed by atoms with Crippen molar-refractivity contribution in [1.82, 2.24) is 9.88 Å². The normalized spacial score (nSPS) is 15.3. The molecule has 4 nitrogen and oxygen atoms in total. The van der Waals surface area contributed by atoms with E-state index in [1.165, 1.54) is 17.4 Å². The molecule has 0 unspecified atom stereocenters. The summed E-state index contributed by atoms with van der Waals surface area (Å²) in [7, 11) is 0. The fourth-order valence-electron chi connectivity index (χ4n) is 2.47. The van der Waals surface area contributed by atoms with Crippen LogP contribution in [0.25, 0.3) is 0 Å². The van der Waals surface area contributed by atoms with Crippen LogP contribution in [0.2, 0.25) is 0 Å². The van der Waals surface area contributed by atoms with E-state index in [1.807, 2.05) is 22.8 Å². The van der Waals surface area contributed by atoms with Crippen LogP contribution in [0.4, 0.5) is 10.1 Å². The van der Waals surface area contributed by atoms with Crippen LogP contribution in [0.5, 0.6) is 0 Å². The number of rotatable bonds is 2. The molecule has 0 saturated carbocycles. The highest BCUT2D eigenvalue weighted by Gasteiger charge is 2.24. The van der Waals surface area contributed by atoms with Crippen LogP contribution in [-0.2, 0) is 0 Å². The minimum absolute atomic E-state index is 0.0220. The second-order valence-electron chi connectivity index (χ2n) is 4.97. The van der Waals surface area contributed by atoms with Gasteiger partial charge in [0.25, 0.3) is 5.91 Å². The van der Waals surface area contributed by atoms with E-state index in [2.05, 4.69) is 4.98 Å². The van der Waals surface area contributed by atoms with E-state index in [0.29, 0.717) is 36.7 Å². The first-order valence-electron chi connectivity index (χ1n) is 6.86. The molecule has 110 valence electrons. The van der Waals surface area contributed by atoms with Crippen molar-refractivity contribution < 1.29 is 9.18 Å². The number of amides is 1. The Hall–Kier alpha value is -1.95. The minimum Gasteiger partial charge on any atom is -0.366 e. The highest BCUT2D eigenvalue weighted by molar-refractivity contribution is 7.13. The topological polar surface area (TPSA) is 36.4 Å². The molecule has 3 rings (SSSR count). The number of nitrogens with zero attached hydrogens (tertiary/aromatic N) is 3. The molecule has 1 amide bonds. The average Bonchev–Trinajstić information content (AvgIpc) is 2.94. The Labute approximate surface area is 126 Å². The molecule has 0 radical (unpaired) electrons. The molecule has 0 bridgehead atoms. The average molecular weight is 305 g/mol. The summed E-state index contributed by atoms with van der Waals surface area (Å²) in [6.45, 7) is 4.38. The molecule has 6 heteroatoms. The van der Waals surface area contributed by atoms with Crippen LogP contribution < -0.4 is 4.90 Å². The van der Waals surface area contributed by atoms with Gasteiger partial charge in [-0.2, -0.15) is 0 Å². The van der Waals surface area contributed by atoms with Gasteiger partial charge in [0, 0.05) is 26.2 Å². The molecule has 1 aromatic heterocycles. The number of anilines is 1. The van der Waals surface area contributed by atoms with Crippen LogP contribution in [0.15, 0.2) is 30.5 Å². The second-order valence-corrected chi connectivity index (χ2v) is 6.21. The summed E-state index contributed by atoms with van der Waals surface area (Å²) in [5, 5.41) is 0.892. The number of hydrogen-bond acceptors (Lipinski definition) is 4. The molecule has 2 heterocycles. The molecule has 1 aromatic carbocycles. The van der Waals surface area contributed by atoms with Crippen LogP contribution in [0, 0.1) is 12.7 Å². The van der Waals surface area contributed by atoms with Gasteiger partial charge < -0.3 is 9.80 Å². The molecule has 1 saturated heterocycles. The first-order valence-corrected chi connectivity index (χ1v) is 7.68. The molecule has 0 N–H and O–H groups in total. The Balaban J connectivity index is 1.65. The fourth-order valence-corrected chi connectivity index (χ4v) is 3.22. The van der Waals surface area contributed by atoms with Crippen molar-refractivity contribution >= 4 is 22.9 Å². The predicted molar refractivity (Wildman–Crippen MR) is 81.4 cm³/mol. The first kappa shape index (κ1) is 14.0. The maximum atomic E-state index is 13.8. The zero-order chi connectivity index (χ0) is 14.8. The maximum absolute atomic E-state index is 13.8. The van der Waals surface area contributed by atoms with E-state index in [9.17, 15) is 9.18 Å². The molecule has 0 spiro atoms. The van der Waals surface area contributed by atoms with Gasteiger partial charge in [-0.1, -0.05) is 12.1 Å². The highest BCUT2D eigenvalue weighted by atomic mass is 32.1. The summed E-state index contributed by atoms with van der Waals surface area (Å²) in [5.41, 5.74) is 0.609. The van der Waals surface area contributed by atoms with Gasteiger partial charge in [0.1, 0.15) is 10.7 Å². The lowest BCUT2D eigenvalue weighted by atomic mass is 10.2. The third-order valence-corrected chi connectivity index (χ3v) is 4.49. The number of halogens is 1. The van der Waals surface area contributed by atoms with Crippen molar-refractivity contribution in [3.63, 3.8) is 0 Å². The summed E-state index contributed by atoms with van der Waals surface area (Å²) in [6, 6.07) is 6.76. The molecule has 0 aliphatic carbocycles. The van der Waals surface area contributed by atoms with Crippen molar-refractivity contribution in [1.29, 1.82) is 0 Å². The quantitative estimate of drug-likeness (QED) is 0.855. The van der Waals surface area contributed by atoms with Gasteiger partial charge in [0.2, 0.25) is 0 Å². The number of aryl methyl sites for hydroxylation is 1. The summed E-state index contributed by atoms with van der Waals surface area (Å²) in [5.74, 6) is -0.191. The third kappa shape index (κ3) is 2.90. The standard InChI is InChI=1S/C15H16FN3OS/c1-11-17-10-14(21-11)15(20)19-8-6-18(7-9-19)13-5-3-2-4-12(13)16/h2-5,10H,6-9H2,1H3. The molecule has 2 aromatic rings. The largest absolute Gasteiger partial charge is 0.366 e. The van der Waals surface area contributed by atoms with Gasteiger partial charge in [-0.25, -0.2) is 9.37 Å². The zero-order valence-electron chi connectivity index (χ0n) is 11.8. The number of piperazine rings is 1. The van der Waals surface area contributed by atoms with Crippen molar-refractivity contribution in [2.45, 2.75) is 6.92 Å². The van der Waals surface area contributed by atoms with Gasteiger partial charge in [-0.15, -0.1) is 11.3 Å². The fraction of sp³-hybridized carbons (Fsp3) is 0.333. The van der Waals surface area contributed by atoms with Crippen molar-refractivity contribution in [2.24, 2.45) is 0 Å². The van der Waals surface area contributed by atoms with Crippen molar-refractivity contribution in [2.75, 3.05) is 31.1 Å². The van der Waals surface area contributed by atoms with E-state index in [4.69, 9.17) is 0 Å². The summed E-state index contributed by atoms with van der Waals surface area (Å²) in [6.07, 6.45) is 1.63. The second kappa shape index (κ2) is 5.81. The Morgan fingerprint density at radius 1 is 1.24 bits per heavy atom. The predicted octanol–water partition coefficient (Wildman–Crippen LogP) is 2.55. The van der Waals surface area contributed by atoms with Gasteiger partial charge in [0.15, 0.2) is 0 Å². The van der Waals surface area contributed by atoms with Gasteiger partial charge in [-0.05, 0) is 19.1 Å². The number of thiazole rings is 1. The summed E-state index contributed by atoms with van der Waals surface area (Å²) < 4.78 is 13.8. The SMILES string of the molecule is Cc1ncc(C(=O)N2CCN(c3ccccc3F)CC2)s1. The van der Waals surface area contributed by atoms with Crippen molar-refractivity contribution in [3.05, 3.63) is 46.2 Å². The summed E-state index contributed by atoms with van der Waals surface area (Å²) >= 11 is 1.41. The number of hydrogen-bond donors (Lipinski definition) is 0. The van der Waals surface area contributed by atoms with Crippen LogP contribution in [0.3, 0.4) is 0 Å². The van der Waals surface area contributed by atoms with Gasteiger partial charge in [0.05, 0.1) is 16.9 Å². The molecule has 0 atom stereocenters. The zero-order valence-corrected chi connectivity index (χ0v) is 12.6. The van der Waals surface area contributed by atoms with Crippen LogP contribution >= 0.6 is 11.3 Å². The van der Waals surface area contributed by atoms with E-state index < -0.39 is 0 Å². The van der Waals surface area contributed by atoms with E-state index in [0.717, 1.165) is 5.01 Å². The van der Waals surface area contributed by atoms with Gasteiger partial charge in [-0.3, -0.25) is 4.79 Å². The number of aromatic nitrogens is 1.